The second-order valence-electron chi connectivity index (χ2n) is 7.26. The molecular formula is C17H27N7O3S. The van der Waals surface area contributed by atoms with Gasteiger partial charge in [-0.15, -0.1) is 0 Å². The Balaban J connectivity index is 1.56. The first-order valence-electron chi connectivity index (χ1n) is 9.61. The third-order valence-electron chi connectivity index (χ3n) is 5.41. The van der Waals surface area contributed by atoms with Gasteiger partial charge in [-0.25, -0.2) is 15.0 Å². The first-order valence-corrected chi connectivity index (χ1v) is 10.5. The maximum atomic E-state index is 10.7. The zero-order chi connectivity index (χ0) is 19.7. The first-order chi connectivity index (χ1) is 13.6. The van der Waals surface area contributed by atoms with Gasteiger partial charge in [0.15, 0.2) is 17.7 Å². The molecule has 2 aliphatic heterocycles. The third kappa shape index (κ3) is 3.70. The van der Waals surface area contributed by atoms with Crippen LogP contribution in [0.1, 0.15) is 25.5 Å². The number of nitrogens with zero attached hydrogens (tertiary/aromatic N) is 4. The summed E-state index contributed by atoms with van der Waals surface area (Å²) in [6.45, 7) is 2.48. The number of hydrogen-bond acceptors (Lipinski definition) is 10. The molecule has 2 saturated heterocycles. The van der Waals surface area contributed by atoms with Crippen LogP contribution in [0.2, 0.25) is 0 Å². The summed E-state index contributed by atoms with van der Waals surface area (Å²) in [5.41, 5.74) is 12.6. The number of piperidine rings is 1. The van der Waals surface area contributed by atoms with Crippen molar-refractivity contribution < 1.29 is 14.9 Å². The third-order valence-corrected chi connectivity index (χ3v) is 7.12. The first kappa shape index (κ1) is 19.8. The van der Waals surface area contributed by atoms with Crippen molar-refractivity contribution in [3.8, 4) is 0 Å². The molecule has 7 N–H and O–H groups in total. The van der Waals surface area contributed by atoms with Crippen molar-refractivity contribution in [2.75, 3.05) is 25.4 Å². The quantitative estimate of drug-likeness (QED) is 0.410. The fourth-order valence-corrected chi connectivity index (χ4v) is 5.59. The number of aliphatic hydroxyl groups excluding tert-OH is 2. The van der Waals surface area contributed by atoms with Crippen LogP contribution < -0.4 is 16.8 Å². The van der Waals surface area contributed by atoms with Crippen molar-refractivity contribution >= 4 is 28.7 Å². The van der Waals surface area contributed by atoms with Gasteiger partial charge in [0.2, 0.25) is 0 Å². The van der Waals surface area contributed by atoms with Crippen LogP contribution in [0.3, 0.4) is 0 Å². The van der Waals surface area contributed by atoms with Gasteiger partial charge in [0.05, 0.1) is 6.33 Å². The zero-order valence-corrected chi connectivity index (χ0v) is 16.3. The van der Waals surface area contributed by atoms with E-state index in [0.29, 0.717) is 29.4 Å². The molecule has 5 atom stereocenters. The number of fused-ring (bicyclic) bond motifs is 1. The molecule has 2 aliphatic rings. The monoisotopic (exact) mass is 409 g/mol. The molecule has 5 unspecified atom stereocenters. The number of rotatable bonds is 6. The number of aliphatic hydroxyl groups is 2. The van der Waals surface area contributed by atoms with E-state index in [0.717, 1.165) is 25.9 Å². The molecule has 4 heterocycles. The van der Waals surface area contributed by atoms with Crippen LogP contribution in [-0.2, 0) is 4.74 Å². The van der Waals surface area contributed by atoms with Gasteiger partial charge in [-0.3, -0.25) is 4.57 Å². The number of anilines is 1. The van der Waals surface area contributed by atoms with Crippen molar-refractivity contribution in [2.45, 2.75) is 54.3 Å². The van der Waals surface area contributed by atoms with Gasteiger partial charge >= 0.3 is 0 Å². The molecule has 10 nitrogen and oxygen atoms in total. The van der Waals surface area contributed by atoms with Crippen LogP contribution in [0.25, 0.3) is 11.2 Å². The van der Waals surface area contributed by atoms with Crippen molar-refractivity contribution in [1.82, 2.24) is 24.8 Å². The molecule has 28 heavy (non-hydrogen) atoms. The van der Waals surface area contributed by atoms with E-state index in [2.05, 4.69) is 20.3 Å². The fraction of sp³-hybridized carbons (Fsp3) is 0.706. The molecule has 154 valence electrons. The summed E-state index contributed by atoms with van der Waals surface area (Å²) in [4.78, 5) is 12.4. The average Bonchev–Trinajstić information content (AvgIpc) is 3.25. The van der Waals surface area contributed by atoms with Gasteiger partial charge in [-0.1, -0.05) is 0 Å². The molecule has 0 amide bonds. The Morgan fingerprint density at radius 2 is 2.04 bits per heavy atom. The van der Waals surface area contributed by atoms with Crippen molar-refractivity contribution in [3.05, 3.63) is 12.7 Å². The predicted molar refractivity (Wildman–Crippen MR) is 107 cm³/mol. The number of nitrogens with one attached hydrogen (secondary N) is 1. The van der Waals surface area contributed by atoms with Crippen LogP contribution in [-0.4, -0.2) is 78.2 Å². The van der Waals surface area contributed by atoms with Crippen LogP contribution in [0.5, 0.6) is 0 Å². The van der Waals surface area contributed by atoms with E-state index in [1.807, 2.05) is 11.8 Å². The molecule has 4 rings (SSSR count). The minimum absolute atomic E-state index is 0.00256. The Morgan fingerprint density at radius 1 is 1.25 bits per heavy atom. The average molecular weight is 410 g/mol. The SMILES string of the molecule is NCCC(SC1CCNCC1)C1OC(n2cnc3c(N)ncnc32)C(O)C1O. The molecule has 0 aliphatic carbocycles. The molecular weight excluding hydrogens is 382 g/mol. The van der Waals surface area contributed by atoms with E-state index in [1.165, 1.54) is 12.7 Å². The predicted octanol–water partition coefficient (Wildman–Crippen LogP) is -0.770. The number of ether oxygens (including phenoxy) is 1. The van der Waals surface area contributed by atoms with E-state index in [-0.39, 0.29) is 11.1 Å². The topological polar surface area (TPSA) is 157 Å². The lowest BCUT2D eigenvalue weighted by atomic mass is 10.1. The summed E-state index contributed by atoms with van der Waals surface area (Å²) < 4.78 is 7.77. The summed E-state index contributed by atoms with van der Waals surface area (Å²) >= 11 is 1.81. The lowest BCUT2D eigenvalue weighted by Gasteiger charge is -2.30. The van der Waals surface area contributed by atoms with E-state index in [9.17, 15) is 10.2 Å². The van der Waals surface area contributed by atoms with Crippen LogP contribution >= 0.6 is 11.8 Å². The molecule has 0 bridgehead atoms. The van der Waals surface area contributed by atoms with Crippen molar-refractivity contribution in [1.29, 1.82) is 0 Å². The summed E-state index contributed by atoms with van der Waals surface area (Å²) in [7, 11) is 0. The Bertz CT molecular complexity index is 800. The van der Waals surface area contributed by atoms with Gasteiger partial charge in [0.1, 0.15) is 30.2 Å². The van der Waals surface area contributed by atoms with Crippen LogP contribution in [0, 0.1) is 0 Å². The molecule has 2 aromatic heterocycles. The van der Waals surface area contributed by atoms with Crippen molar-refractivity contribution in [3.63, 3.8) is 0 Å². The normalized spacial score (nSPS) is 30.1. The highest BCUT2D eigenvalue weighted by atomic mass is 32.2. The molecule has 0 spiro atoms. The van der Waals surface area contributed by atoms with Crippen molar-refractivity contribution in [2.24, 2.45) is 5.73 Å². The van der Waals surface area contributed by atoms with Crippen LogP contribution in [0.15, 0.2) is 12.7 Å². The zero-order valence-electron chi connectivity index (χ0n) is 15.5. The van der Waals surface area contributed by atoms with E-state index in [1.54, 1.807) is 4.57 Å². The second kappa shape index (κ2) is 8.47. The van der Waals surface area contributed by atoms with Gasteiger partial charge in [0, 0.05) is 10.5 Å². The van der Waals surface area contributed by atoms with Gasteiger partial charge in [-0.2, -0.15) is 11.8 Å². The van der Waals surface area contributed by atoms with E-state index in [4.69, 9.17) is 16.2 Å². The minimum Gasteiger partial charge on any atom is -0.387 e. The molecule has 0 aromatic carbocycles. The molecule has 0 saturated carbocycles. The Labute approximate surface area is 167 Å². The smallest absolute Gasteiger partial charge is 0.167 e. The highest BCUT2D eigenvalue weighted by molar-refractivity contribution is 8.00. The lowest BCUT2D eigenvalue weighted by molar-refractivity contribution is -0.0354. The van der Waals surface area contributed by atoms with Gasteiger partial charge in [-0.05, 0) is 38.9 Å². The van der Waals surface area contributed by atoms with Crippen LogP contribution in [0.4, 0.5) is 5.82 Å². The molecule has 2 aromatic rings. The number of imidazole rings is 1. The summed E-state index contributed by atoms with van der Waals surface area (Å²) in [6.07, 6.45) is 2.25. The maximum Gasteiger partial charge on any atom is 0.167 e. The Kier molecular flexibility index (Phi) is 5.99. The summed E-state index contributed by atoms with van der Waals surface area (Å²) in [5, 5.41) is 25.3. The molecule has 2 fully saturated rings. The standard InChI is InChI=1S/C17H27N7O3S/c18-4-1-10(28-9-2-5-20-6-3-9)14-12(25)13(26)17(27-14)24-8-23-11-15(19)21-7-22-16(11)24/h7-10,12-14,17,20,25-26H,1-6,18H2,(H2,19,21,22). The summed E-state index contributed by atoms with van der Waals surface area (Å²) in [6, 6.07) is 0. The number of thioether (sulfide) groups is 1. The van der Waals surface area contributed by atoms with Gasteiger partial charge in [0.25, 0.3) is 0 Å². The minimum atomic E-state index is -1.10. The molecule has 11 heteroatoms. The fourth-order valence-electron chi connectivity index (χ4n) is 3.93. The Hall–Kier alpha value is -1.50. The number of nitrogen functional groups attached to an aromatic ring is 1. The van der Waals surface area contributed by atoms with E-state index < -0.39 is 24.5 Å². The maximum absolute atomic E-state index is 10.7. The molecule has 0 radical (unpaired) electrons. The number of nitrogens with two attached hydrogens (primary N) is 2. The summed E-state index contributed by atoms with van der Waals surface area (Å²) in [5.74, 6) is 0.260. The number of aromatic nitrogens is 4. The highest BCUT2D eigenvalue weighted by Crippen LogP contribution is 2.39. The number of hydrogen-bond donors (Lipinski definition) is 5. The Morgan fingerprint density at radius 3 is 2.79 bits per heavy atom. The van der Waals surface area contributed by atoms with Gasteiger partial charge < -0.3 is 31.7 Å². The lowest BCUT2D eigenvalue weighted by Crippen LogP contribution is -2.40. The largest absolute Gasteiger partial charge is 0.387 e. The highest BCUT2D eigenvalue weighted by Gasteiger charge is 2.48. The second-order valence-corrected chi connectivity index (χ2v) is 8.80. The van der Waals surface area contributed by atoms with E-state index >= 15 is 0 Å².